The summed E-state index contributed by atoms with van der Waals surface area (Å²) in [6, 6.07) is 14.4. The van der Waals surface area contributed by atoms with Gasteiger partial charge in [0.15, 0.2) is 28.5 Å². The molecule has 2 heterocycles. The zero-order chi connectivity index (χ0) is 17.9. The van der Waals surface area contributed by atoms with Gasteiger partial charge >= 0.3 is 0 Å². The smallest absolute Gasteiger partial charge is 0.183 e. The van der Waals surface area contributed by atoms with E-state index in [0.717, 1.165) is 16.8 Å². The van der Waals surface area contributed by atoms with Crippen LogP contribution in [0.2, 0.25) is 0 Å². The summed E-state index contributed by atoms with van der Waals surface area (Å²) in [5.41, 5.74) is 3.55. The molecule has 128 valence electrons. The minimum Gasteiger partial charge on any atom is -0.504 e. The molecular weight excluding hydrogens is 330 g/mol. The Labute approximate surface area is 149 Å². The van der Waals surface area contributed by atoms with Crippen molar-refractivity contribution in [3.63, 3.8) is 0 Å². The second-order valence-electron chi connectivity index (χ2n) is 5.69. The fraction of sp³-hybridized carbons (Fsp3) is 0.0526. The average Bonchev–Trinajstić information content (AvgIpc) is 2.69. The Bertz CT molecular complexity index is 1070. The maximum absolute atomic E-state index is 9.61. The number of benzene rings is 2. The molecule has 26 heavy (non-hydrogen) atoms. The number of hydrogen-bond acceptors (Lipinski definition) is 7. The lowest BCUT2D eigenvalue weighted by Crippen LogP contribution is -2.04. The van der Waals surface area contributed by atoms with Gasteiger partial charge in [0.2, 0.25) is 0 Å². The summed E-state index contributed by atoms with van der Waals surface area (Å²) in [6.45, 7) is 0.400. The predicted molar refractivity (Wildman–Crippen MR) is 97.7 cm³/mol. The van der Waals surface area contributed by atoms with Crippen molar-refractivity contribution in [3.8, 4) is 22.8 Å². The van der Waals surface area contributed by atoms with Crippen LogP contribution >= 0.6 is 0 Å². The number of aromatic hydroxyl groups is 2. The number of aromatic nitrogens is 4. The number of nitrogens with zero attached hydrogens (tertiary/aromatic N) is 4. The zero-order valence-corrected chi connectivity index (χ0v) is 13.7. The van der Waals surface area contributed by atoms with Gasteiger partial charge in [0.05, 0.1) is 11.9 Å². The normalized spacial score (nSPS) is 10.8. The van der Waals surface area contributed by atoms with E-state index in [9.17, 15) is 10.2 Å². The van der Waals surface area contributed by atoms with Crippen molar-refractivity contribution in [2.45, 2.75) is 6.54 Å². The van der Waals surface area contributed by atoms with Crippen LogP contribution in [0.15, 0.2) is 61.1 Å². The van der Waals surface area contributed by atoms with Gasteiger partial charge in [-0.3, -0.25) is 0 Å². The van der Waals surface area contributed by atoms with E-state index in [-0.39, 0.29) is 11.5 Å². The molecule has 0 saturated heterocycles. The van der Waals surface area contributed by atoms with Crippen molar-refractivity contribution in [3.05, 3.63) is 66.6 Å². The highest BCUT2D eigenvalue weighted by atomic mass is 16.3. The fourth-order valence-corrected chi connectivity index (χ4v) is 2.58. The van der Waals surface area contributed by atoms with Crippen LogP contribution < -0.4 is 5.32 Å². The Hall–Kier alpha value is -3.74. The molecule has 0 fully saturated rings. The van der Waals surface area contributed by atoms with Gasteiger partial charge in [-0.2, -0.15) is 0 Å². The van der Waals surface area contributed by atoms with Crippen molar-refractivity contribution in [1.29, 1.82) is 0 Å². The molecule has 4 aromatic rings. The van der Waals surface area contributed by atoms with Gasteiger partial charge < -0.3 is 15.5 Å². The number of anilines is 1. The third-order valence-electron chi connectivity index (χ3n) is 3.91. The summed E-state index contributed by atoms with van der Waals surface area (Å²) >= 11 is 0. The minimum absolute atomic E-state index is 0.153. The minimum atomic E-state index is -0.164. The zero-order valence-electron chi connectivity index (χ0n) is 13.7. The molecule has 2 aromatic heterocycles. The highest BCUT2D eigenvalue weighted by molar-refractivity contribution is 5.83. The van der Waals surface area contributed by atoms with Crippen molar-refractivity contribution in [1.82, 2.24) is 19.9 Å². The molecule has 0 unspecified atom stereocenters. The van der Waals surface area contributed by atoms with Crippen LogP contribution in [-0.2, 0) is 6.54 Å². The first-order valence-corrected chi connectivity index (χ1v) is 7.98. The van der Waals surface area contributed by atoms with E-state index in [4.69, 9.17) is 0 Å². The van der Waals surface area contributed by atoms with Crippen LogP contribution in [0.25, 0.3) is 22.4 Å². The number of rotatable bonds is 4. The topological polar surface area (TPSA) is 104 Å². The Morgan fingerprint density at radius 3 is 2.54 bits per heavy atom. The van der Waals surface area contributed by atoms with E-state index in [1.54, 1.807) is 12.3 Å². The molecule has 0 aliphatic carbocycles. The van der Waals surface area contributed by atoms with Crippen molar-refractivity contribution in [2.24, 2.45) is 0 Å². The monoisotopic (exact) mass is 345 g/mol. The van der Waals surface area contributed by atoms with Crippen LogP contribution in [0.4, 0.5) is 5.82 Å². The molecule has 0 spiro atoms. The number of phenolic OH excluding ortho intramolecular Hbond substituents is 2. The first kappa shape index (κ1) is 15.8. The van der Waals surface area contributed by atoms with Crippen molar-refractivity contribution >= 4 is 17.0 Å². The molecule has 0 radical (unpaired) electrons. The lowest BCUT2D eigenvalue weighted by Gasteiger charge is -2.09. The summed E-state index contributed by atoms with van der Waals surface area (Å²) < 4.78 is 0. The highest BCUT2D eigenvalue weighted by Crippen LogP contribution is 2.26. The summed E-state index contributed by atoms with van der Waals surface area (Å²) in [7, 11) is 0. The molecule has 0 aliphatic rings. The molecule has 7 nitrogen and oxygen atoms in total. The van der Waals surface area contributed by atoms with Gasteiger partial charge in [-0.25, -0.2) is 19.9 Å². The van der Waals surface area contributed by atoms with Gasteiger partial charge in [0, 0.05) is 12.1 Å². The summed E-state index contributed by atoms with van der Waals surface area (Å²) in [5, 5.41) is 22.2. The second-order valence-corrected chi connectivity index (χ2v) is 5.69. The quantitative estimate of drug-likeness (QED) is 0.488. The number of nitrogens with one attached hydrogen (secondary N) is 1. The van der Waals surface area contributed by atoms with Crippen molar-refractivity contribution in [2.75, 3.05) is 5.32 Å². The lowest BCUT2D eigenvalue weighted by atomic mass is 10.1. The summed E-state index contributed by atoms with van der Waals surface area (Å²) in [4.78, 5) is 17.4. The Morgan fingerprint density at radius 1 is 0.885 bits per heavy atom. The second kappa shape index (κ2) is 6.64. The lowest BCUT2D eigenvalue weighted by molar-refractivity contribution is 0.403. The van der Waals surface area contributed by atoms with E-state index in [2.05, 4.69) is 25.3 Å². The fourth-order valence-electron chi connectivity index (χ4n) is 2.58. The Balaban J connectivity index is 1.67. The van der Waals surface area contributed by atoms with Gasteiger partial charge in [0.1, 0.15) is 6.33 Å². The summed E-state index contributed by atoms with van der Waals surface area (Å²) in [5.74, 6) is 0.232. The van der Waals surface area contributed by atoms with Crippen LogP contribution in [0.5, 0.6) is 11.5 Å². The molecule has 7 heteroatoms. The standard InChI is InChI=1S/C19H15N5O2/c25-15-7-6-12(8-16(15)26)9-20-18-17-19(23-11-22-18)21-10-14(24-17)13-4-2-1-3-5-13/h1-8,10-11,25-26H,9H2,(H,20,21,22,23). The van der Waals surface area contributed by atoms with Crippen LogP contribution in [0, 0.1) is 0 Å². The first-order valence-electron chi connectivity index (χ1n) is 7.98. The molecule has 3 N–H and O–H groups in total. The van der Waals surface area contributed by atoms with E-state index in [1.807, 2.05) is 30.3 Å². The molecule has 4 rings (SSSR count). The van der Waals surface area contributed by atoms with Crippen LogP contribution in [0.3, 0.4) is 0 Å². The maximum atomic E-state index is 9.61. The van der Waals surface area contributed by atoms with Crippen LogP contribution in [-0.4, -0.2) is 30.1 Å². The molecule has 0 aliphatic heterocycles. The third-order valence-corrected chi connectivity index (χ3v) is 3.91. The molecule has 0 amide bonds. The number of phenols is 2. The largest absolute Gasteiger partial charge is 0.504 e. The maximum Gasteiger partial charge on any atom is 0.183 e. The first-order chi connectivity index (χ1) is 12.7. The van der Waals surface area contributed by atoms with Gasteiger partial charge in [-0.1, -0.05) is 36.4 Å². The van der Waals surface area contributed by atoms with Crippen LogP contribution in [0.1, 0.15) is 5.56 Å². The van der Waals surface area contributed by atoms with E-state index in [1.165, 1.54) is 18.5 Å². The van der Waals surface area contributed by atoms with Gasteiger partial charge in [-0.05, 0) is 17.7 Å². The predicted octanol–water partition coefficient (Wildman–Crippen LogP) is 3.11. The molecule has 0 bridgehead atoms. The van der Waals surface area contributed by atoms with Crippen molar-refractivity contribution < 1.29 is 10.2 Å². The van der Waals surface area contributed by atoms with E-state index in [0.29, 0.717) is 23.5 Å². The molecular formula is C19H15N5O2. The third kappa shape index (κ3) is 3.10. The van der Waals surface area contributed by atoms with E-state index >= 15 is 0 Å². The Morgan fingerprint density at radius 2 is 1.73 bits per heavy atom. The molecule has 0 saturated carbocycles. The number of fused-ring (bicyclic) bond motifs is 1. The average molecular weight is 345 g/mol. The number of hydrogen-bond donors (Lipinski definition) is 3. The van der Waals surface area contributed by atoms with E-state index < -0.39 is 0 Å². The summed E-state index contributed by atoms with van der Waals surface area (Å²) in [6.07, 6.45) is 3.11. The molecule has 0 atom stereocenters. The Kier molecular flexibility index (Phi) is 4.03. The van der Waals surface area contributed by atoms with Gasteiger partial charge in [0.25, 0.3) is 0 Å². The van der Waals surface area contributed by atoms with Gasteiger partial charge in [-0.15, -0.1) is 0 Å². The highest BCUT2D eigenvalue weighted by Gasteiger charge is 2.09. The SMILES string of the molecule is Oc1ccc(CNc2ncnc3ncc(-c4ccccc4)nc23)cc1O. The molecule has 2 aromatic carbocycles.